The fourth-order valence-electron chi connectivity index (χ4n) is 4.48. The predicted octanol–water partition coefficient (Wildman–Crippen LogP) is 4.45. The Morgan fingerprint density at radius 2 is 1.71 bits per heavy atom. The van der Waals surface area contributed by atoms with E-state index in [4.69, 9.17) is 0 Å². The largest absolute Gasteiger partial charge is 0.314 e. The maximum Gasteiger partial charge on any atom is 0.0108 e. The Kier molecular flexibility index (Phi) is 8.10. The van der Waals surface area contributed by atoms with Gasteiger partial charge in [-0.25, -0.2) is 0 Å². The van der Waals surface area contributed by atoms with Crippen LogP contribution in [0.4, 0.5) is 0 Å². The summed E-state index contributed by atoms with van der Waals surface area (Å²) in [5.41, 5.74) is 0. The third kappa shape index (κ3) is 5.90. The summed E-state index contributed by atoms with van der Waals surface area (Å²) in [4.78, 5) is 2.78. The number of nitrogens with one attached hydrogen (secondary N) is 1. The highest BCUT2D eigenvalue weighted by atomic mass is 15.1. The molecule has 2 fully saturated rings. The zero-order chi connectivity index (χ0) is 14.9. The second kappa shape index (κ2) is 9.84. The molecule has 1 aliphatic carbocycles. The first-order valence-electron chi connectivity index (χ1n) is 9.79. The topological polar surface area (TPSA) is 15.3 Å². The smallest absolute Gasteiger partial charge is 0.0108 e. The Morgan fingerprint density at radius 3 is 2.38 bits per heavy atom. The molecule has 1 heterocycles. The van der Waals surface area contributed by atoms with Crippen LogP contribution in [0, 0.1) is 11.8 Å². The van der Waals surface area contributed by atoms with Gasteiger partial charge in [-0.15, -0.1) is 0 Å². The molecule has 2 aliphatic rings. The molecular weight excluding hydrogens is 256 g/mol. The molecule has 1 saturated heterocycles. The van der Waals surface area contributed by atoms with Gasteiger partial charge in [0.25, 0.3) is 0 Å². The van der Waals surface area contributed by atoms with Crippen LogP contribution in [0.3, 0.4) is 0 Å². The number of hydrogen-bond acceptors (Lipinski definition) is 2. The highest BCUT2D eigenvalue weighted by Gasteiger charge is 2.31. The molecule has 0 aromatic carbocycles. The van der Waals surface area contributed by atoms with Gasteiger partial charge in [-0.1, -0.05) is 39.5 Å². The molecule has 21 heavy (non-hydrogen) atoms. The normalized spacial score (nSPS) is 32.0. The van der Waals surface area contributed by atoms with Gasteiger partial charge in [-0.2, -0.15) is 0 Å². The molecule has 124 valence electrons. The lowest BCUT2D eigenvalue weighted by Gasteiger charge is -2.39. The summed E-state index contributed by atoms with van der Waals surface area (Å²) in [6, 6.07) is 0.793. The molecule has 0 bridgehead atoms. The summed E-state index contributed by atoms with van der Waals surface area (Å²) in [6.45, 7) is 9.93. The summed E-state index contributed by atoms with van der Waals surface area (Å²) >= 11 is 0. The molecule has 0 amide bonds. The Labute approximate surface area is 133 Å². The van der Waals surface area contributed by atoms with Crippen LogP contribution in [0.15, 0.2) is 0 Å². The first kappa shape index (κ1) is 17.3. The summed E-state index contributed by atoms with van der Waals surface area (Å²) in [6.07, 6.45) is 14.2. The summed E-state index contributed by atoms with van der Waals surface area (Å²) in [7, 11) is 0. The van der Waals surface area contributed by atoms with Crippen LogP contribution in [0.1, 0.15) is 78.1 Å². The Hall–Kier alpha value is -0.0800. The maximum atomic E-state index is 3.86. The van der Waals surface area contributed by atoms with Crippen molar-refractivity contribution in [2.75, 3.05) is 26.2 Å². The fourth-order valence-corrected chi connectivity index (χ4v) is 4.48. The van der Waals surface area contributed by atoms with E-state index < -0.39 is 0 Å². The van der Waals surface area contributed by atoms with Crippen molar-refractivity contribution < 1.29 is 0 Å². The van der Waals surface area contributed by atoms with Gasteiger partial charge in [0.05, 0.1) is 0 Å². The Bertz CT molecular complexity index is 258. The second-order valence-electron chi connectivity index (χ2n) is 7.50. The van der Waals surface area contributed by atoms with E-state index in [-0.39, 0.29) is 0 Å². The molecular formula is C19H38N2. The van der Waals surface area contributed by atoms with E-state index in [2.05, 4.69) is 24.1 Å². The number of hydrogen-bond donors (Lipinski definition) is 1. The minimum Gasteiger partial charge on any atom is -0.314 e. The van der Waals surface area contributed by atoms with Crippen LogP contribution in [0.5, 0.6) is 0 Å². The lowest BCUT2D eigenvalue weighted by molar-refractivity contribution is 0.137. The molecule has 1 N–H and O–H groups in total. The standard InChI is InChI=1S/C19H38N2/c1-3-9-17-10-11-19(20-12-4-2)18(15-17)16-21-13-7-5-6-8-14-21/h17-20H,3-16H2,1-2H3. The van der Waals surface area contributed by atoms with E-state index >= 15 is 0 Å². The van der Waals surface area contributed by atoms with E-state index in [0.29, 0.717) is 0 Å². The van der Waals surface area contributed by atoms with Gasteiger partial charge >= 0.3 is 0 Å². The zero-order valence-corrected chi connectivity index (χ0v) is 14.6. The number of rotatable bonds is 7. The molecule has 2 nitrogen and oxygen atoms in total. The average molecular weight is 295 g/mol. The van der Waals surface area contributed by atoms with Gasteiger partial charge in [0, 0.05) is 12.6 Å². The second-order valence-corrected chi connectivity index (χ2v) is 7.50. The molecule has 2 heteroatoms. The zero-order valence-electron chi connectivity index (χ0n) is 14.6. The number of nitrogens with zero attached hydrogens (tertiary/aromatic N) is 1. The van der Waals surface area contributed by atoms with E-state index in [1.165, 1.54) is 90.4 Å². The van der Waals surface area contributed by atoms with Crippen molar-refractivity contribution in [3.63, 3.8) is 0 Å². The van der Waals surface area contributed by atoms with Gasteiger partial charge in [-0.05, 0) is 70.0 Å². The van der Waals surface area contributed by atoms with Crippen molar-refractivity contribution in [3.05, 3.63) is 0 Å². The van der Waals surface area contributed by atoms with Crippen LogP contribution in [0.2, 0.25) is 0 Å². The summed E-state index contributed by atoms with van der Waals surface area (Å²) in [5, 5.41) is 3.86. The number of likely N-dealkylation sites (tertiary alicyclic amines) is 1. The molecule has 1 saturated carbocycles. The molecule has 0 aromatic heterocycles. The molecule has 0 spiro atoms. The predicted molar refractivity (Wildman–Crippen MR) is 92.7 cm³/mol. The van der Waals surface area contributed by atoms with Crippen molar-refractivity contribution in [1.29, 1.82) is 0 Å². The van der Waals surface area contributed by atoms with E-state index in [1.807, 2.05) is 0 Å². The van der Waals surface area contributed by atoms with Crippen molar-refractivity contribution in [3.8, 4) is 0 Å². The van der Waals surface area contributed by atoms with Gasteiger partial charge in [0.15, 0.2) is 0 Å². The molecule has 0 radical (unpaired) electrons. The van der Waals surface area contributed by atoms with Gasteiger partial charge < -0.3 is 10.2 Å². The van der Waals surface area contributed by atoms with Crippen LogP contribution in [-0.2, 0) is 0 Å². The monoisotopic (exact) mass is 294 g/mol. The molecule has 0 aromatic rings. The van der Waals surface area contributed by atoms with Crippen molar-refractivity contribution in [1.82, 2.24) is 10.2 Å². The van der Waals surface area contributed by atoms with Crippen LogP contribution >= 0.6 is 0 Å². The van der Waals surface area contributed by atoms with Gasteiger partial charge in [0.1, 0.15) is 0 Å². The lowest BCUT2D eigenvalue weighted by Crippen LogP contribution is -2.46. The first-order valence-corrected chi connectivity index (χ1v) is 9.79. The minimum atomic E-state index is 0.793. The fraction of sp³-hybridized carbons (Fsp3) is 1.00. The van der Waals surface area contributed by atoms with Crippen molar-refractivity contribution >= 4 is 0 Å². The minimum absolute atomic E-state index is 0.793. The maximum absolute atomic E-state index is 3.86. The van der Waals surface area contributed by atoms with Gasteiger partial charge in [-0.3, -0.25) is 0 Å². The molecule has 1 aliphatic heterocycles. The average Bonchev–Trinajstić information content (AvgIpc) is 2.75. The third-order valence-electron chi connectivity index (χ3n) is 5.64. The first-order chi connectivity index (χ1) is 10.3. The SMILES string of the molecule is CCCNC1CCC(CCC)CC1CN1CCCCCC1. The Balaban J connectivity index is 1.87. The quantitative estimate of drug-likeness (QED) is 0.746. The van der Waals surface area contributed by atoms with E-state index in [0.717, 1.165) is 17.9 Å². The van der Waals surface area contributed by atoms with Crippen LogP contribution < -0.4 is 5.32 Å². The molecule has 3 unspecified atom stereocenters. The lowest BCUT2D eigenvalue weighted by atomic mass is 9.76. The summed E-state index contributed by atoms with van der Waals surface area (Å²) in [5.74, 6) is 1.91. The molecule has 3 atom stereocenters. The highest BCUT2D eigenvalue weighted by Crippen LogP contribution is 2.33. The Morgan fingerprint density at radius 1 is 0.952 bits per heavy atom. The summed E-state index contributed by atoms with van der Waals surface area (Å²) < 4.78 is 0. The van der Waals surface area contributed by atoms with Crippen molar-refractivity contribution in [2.24, 2.45) is 11.8 Å². The van der Waals surface area contributed by atoms with E-state index in [1.54, 1.807) is 0 Å². The highest BCUT2D eigenvalue weighted by molar-refractivity contribution is 4.87. The van der Waals surface area contributed by atoms with Gasteiger partial charge in [0.2, 0.25) is 0 Å². The third-order valence-corrected chi connectivity index (χ3v) is 5.64. The van der Waals surface area contributed by atoms with E-state index in [9.17, 15) is 0 Å². The van der Waals surface area contributed by atoms with Crippen molar-refractivity contribution in [2.45, 2.75) is 84.1 Å². The van der Waals surface area contributed by atoms with Crippen LogP contribution in [0.25, 0.3) is 0 Å². The molecule has 2 rings (SSSR count). The van der Waals surface area contributed by atoms with Crippen LogP contribution in [-0.4, -0.2) is 37.1 Å².